The summed E-state index contributed by atoms with van der Waals surface area (Å²) in [4.78, 5) is 22.7. The molecule has 0 aliphatic rings. The van der Waals surface area contributed by atoms with Crippen LogP contribution in [0.15, 0.2) is 50.3 Å². The Hall–Kier alpha value is -1.88. The smallest absolute Gasteiger partial charge is 0.335 e. The maximum atomic E-state index is 11.9. The highest BCUT2D eigenvalue weighted by Crippen LogP contribution is 2.23. The van der Waals surface area contributed by atoms with Crippen molar-refractivity contribution in [3.05, 3.63) is 62.6 Å². The van der Waals surface area contributed by atoms with Crippen molar-refractivity contribution < 1.29 is 9.21 Å². The van der Waals surface area contributed by atoms with Gasteiger partial charge in [0.1, 0.15) is 6.26 Å². The second-order valence-electron chi connectivity index (χ2n) is 3.78. The van der Waals surface area contributed by atoms with E-state index in [9.17, 15) is 9.59 Å². The number of rotatable bonds is 2. The molecule has 0 aliphatic heterocycles. The summed E-state index contributed by atoms with van der Waals surface area (Å²) in [7, 11) is 0. The van der Waals surface area contributed by atoms with Crippen molar-refractivity contribution >= 4 is 27.5 Å². The van der Waals surface area contributed by atoms with Gasteiger partial charge in [-0.3, -0.25) is 4.79 Å². The van der Waals surface area contributed by atoms with Crippen LogP contribution in [-0.4, -0.2) is 5.91 Å². The van der Waals surface area contributed by atoms with Gasteiger partial charge in [-0.1, -0.05) is 6.07 Å². The molecule has 2 aromatic rings. The fraction of sp³-hybridized carbons (Fsp3) is 0.0769. The zero-order chi connectivity index (χ0) is 13.1. The van der Waals surface area contributed by atoms with E-state index in [1.54, 1.807) is 6.07 Å². The number of hydrogen-bond donors (Lipinski definition) is 1. The number of amides is 1. The van der Waals surface area contributed by atoms with Crippen LogP contribution in [0.3, 0.4) is 0 Å². The Bertz CT molecular complexity index is 628. The summed E-state index contributed by atoms with van der Waals surface area (Å²) in [6.07, 6.45) is 1.14. The van der Waals surface area contributed by atoms with E-state index in [4.69, 9.17) is 0 Å². The van der Waals surface area contributed by atoms with E-state index >= 15 is 0 Å². The monoisotopic (exact) mass is 307 g/mol. The number of benzene rings is 1. The highest BCUT2D eigenvalue weighted by atomic mass is 79.9. The maximum absolute atomic E-state index is 11.9. The normalized spacial score (nSPS) is 10.1. The standard InChI is InChI=1S/C13H10BrNO3/c1-8-2-4-11(10(14)6-8)15-13(17)9-3-5-12(16)18-7-9/h2-7H,1H3,(H,15,17). The average molecular weight is 308 g/mol. The summed E-state index contributed by atoms with van der Waals surface area (Å²) >= 11 is 3.37. The Morgan fingerprint density at radius 3 is 2.67 bits per heavy atom. The Morgan fingerprint density at radius 2 is 2.06 bits per heavy atom. The molecule has 4 nitrogen and oxygen atoms in total. The Kier molecular flexibility index (Phi) is 3.62. The van der Waals surface area contributed by atoms with Crippen molar-refractivity contribution in [1.29, 1.82) is 0 Å². The lowest BCUT2D eigenvalue weighted by Gasteiger charge is -2.07. The molecule has 1 amide bonds. The first kappa shape index (κ1) is 12.6. The van der Waals surface area contributed by atoms with Gasteiger partial charge in [-0.05, 0) is 46.6 Å². The number of carbonyl (C=O) groups excluding carboxylic acids is 1. The third-order valence-corrected chi connectivity index (χ3v) is 2.99. The molecule has 0 fully saturated rings. The number of carbonyl (C=O) groups is 1. The van der Waals surface area contributed by atoms with Crippen molar-refractivity contribution in [1.82, 2.24) is 0 Å². The fourth-order valence-electron chi connectivity index (χ4n) is 1.40. The molecule has 1 aromatic carbocycles. The SMILES string of the molecule is Cc1ccc(NC(=O)c2ccc(=O)oc2)c(Br)c1. The van der Waals surface area contributed by atoms with Crippen LogP contribution in [0.25, 0.3) is 0 Å². The Morgan fingerprint density at radius 1 is 1.28 bits per heavy atom. The predicted molar refractivity (Wildman–Crippen MR) is 71.8 cm³/mol. The quantitative estimate of drug-likeness (QED) is 0.928. The molecule has 5 heteroatoms. The molecule has 0 radical (unpaired) electrons. The van der Waals surface area contributed by atoms with E-state index in [2.05, 4.69) is 25.7 Å². The first-order valence-corrected chi connectivity index (χ1v) is 6.02. The number of nitrogens with one attached hydrogen (secondary N) is 1. The number of anilines is 1. The molecular weight excluding hydrogens is 298 g/mol. The first-order chi connectivity index (χ1) is 8.56. The molecule has 1 aromatic heterocycles. The van der Waals surface area contributed by atoms with Crippen LogP contribution in [0.4, 0.5) is 5.69 Å². The zero-order valence-corrected chi connectivity index (χ0v) is 11.2. The van der Waals surface area contributed by atoms with Crippen molar-refractivity contribution in [2.45, 2.75) is 6.92 Å². The van der Waals surface area contributed by atoms with E-state index in [0.29, 0.717) is 11.3 Å². The van der Waals surface area contributed by atoms with E-state index in [1.807, 2.05) is 19.1 Å². The second-order valence-corrected chi connectivity index (χ2v) is 4.64. The van der Waals surface area contributed by atoms with Crippen LogP contribution in [0.5, 0.6) is 0 Å². The predicted octanol–water partition coefficient (Wildman–Crippen LogP) is 2.96. The first-order valence-electron chi connectivity index (χ1n) is 5.22. The van der Waals surface area contributed by atoms with E-state index in [1.165, 1.54) is 12.1 Å². The minimum absolute atomic E-state index is 0.294. The van der Waals surface area contributed by atoms with Gasteiger partial charge in [-0.25, -0.2) is 4.79 Å². The summed E-state index contributed by atoms with van der Waals surface area (Å²) in [5, 5.41) is 2.73. The van der Waals surface area contributed by atoms with Gasteiger partial charge in [0.15, 0.2) is 0 Å². The molecule has 2 rings (SSSR count). The summed E-state index contributed by atoms with van der Waals surface area (Å²) in [5.41, 5.74) is 1.56. The van der Waals surface area contributed by atoms with Crippen LogP contribution >= 0.6 is 15.9 Å². The minimum Gasteiger partial charge on any atom is -0.430 e. The molecule has 0 saturated heterocycles. The average Bonchev–Trinajstić information content (AvgIpc) is 2.33. The highest BCUT2D eigenvalue weighted by molar-refractivity contribution is 9.10. The van der Waals surface area contributed by atoms with Crippen molar-refractivity contribution in [2.75, 3.05) is 5.32 Å². The van der Waals surface area contributed by atoms with Crippen molar-refractivity contribution in [3.8, 4) is 0 Å². The largest absolute Gasteiger partial charge is 0.430 e. The second kappa shape index (κ2) is 5.18. The molecule has 18 heavy (non-hydrogen) atoms. The molecule has 1 heterocycles. The Labute approximate surface area is 112 Å². The van der Waals surface area contributed by atoms with Crippen LogP contribution in [0, 0.1) is 6.92 Å². The van der Waals surface area contributed by atoms with Crippen molar-refractivity contribution in [2.24, 2.45) is 0 Å². The van der Waals surface area contributed by atoms with E-state index < -0.39 is 5.63 Å². The van der Waals surface area contributed by atoms with E-state index in [0.717, 1.165) is 16.3 Å². The molecule has 0 spiro atoms. The van der Waals surface area contributed by atoms with Gasteiger partial charge in [0, 0.05) is 10.5 Å². The van der Waals surface area contributed by atoms with Crippen LogP contribution in [0.1, 0.15) is 15.9 Å². The van der Waals surface area contributed by atoms with Crippen LogP contribution < -0.4 is 10.9 Å². The lowest BCUT2D eigenvalue weighted by Crippen LogP contribution is -2.13. The van der Waals surface area contributed by atoms with Gasteiger partial charge in [-0.2, -0.15) is 0 Å². The fourth-order valence-corrected chi connectivity index (χ4v) is 2.00. The summed E-state index contributed by atoms with van der Waals surface area (Å²) in [6, 6.07) is 8.23. The maximum Gasteiger partial charge on any atom is 0.335 e. The third kappa shape index (κ3) is 2.87. The van der Waals surface area contributed by atoms with Gasteiger partial charge in [-0.15, -0.1) is 0 Å². The summed E-state index contributed by atoms with van der Waals surface area (Å²) < 4.78 is 5.44. The minimum atomic E-state index is -0.483. The van der Waals surface area contributed by atoms with E-state index in [-0.39, 0.29) is 5.91 Å². The highest BCUT2D eigenvalue weighted by Gasteiger charge is 2.08. The number of hydrogen-bond acceptors (Lipinski definition) is 3. The van der Waals surface area contributed by atoms with Gasteiger partial charge in [0.25, 0.3) is 5.91 Å². The lowest BCUT2D eigenvalue weighted by atomic mass is 10.2. The number of aryl methyl sites for hydroxylation is 1. The van der Waals surface area contributed by atoms with Gasteiger partial charge in [0.05, 0.1) is 11.3 Å². The summed E-state index contributed by atoms with van der Waals surface area (Å²) in [6.45, 7) is 1.96. The van der Waals surface area contributed by atoms with Gasteiger partial charge >= 0.3 is 5.63 Å². The molecule has 0 aliphatic carbocycles. The molecule has 1 N–H and O–H groups in total. The lowest BCUT2D eigenvalue weighted by molar-refractivity contribution is 0.102. The molecule has 0 saturated carbocycles. The topological polar surface area (TPSA) is 59.3 Å². The molecule has 0 atom stereocenters. The summed E-state index contributed by atoms with van der Waals surface area (Å²) in [5.74, 6) is -0.330. The molecule has 92 valence electrons. The van der Waals surface area contributed by atoms with Crippen LogP contribution in [-0.2, 0) is 0 Å². The van der Waals surface area contributed by atoms with Gasteiger partial charge in [0.2, 0.25) is 0 Å². The third-order valence-electron chi connectivity index (χ3n) is 2.34. The zero-order valence-electron chi connectivity index (χ0n) is 9.57. The van der Waals surface area contributed by atoms with Crippen molar-refractivity contribution in [3.63, 3.8) is 0 Å². The Balaban J connectivity index is 2.21. The van der Waals surface area contributed by atoms with Crippen LogP contribution in [0.2, 0.25) is 0 Å². The van der Waals surface area contributed by atoms with Gasteiger partial charge < -0.3 is 9.73 Å². The molecular formula is C13H10BrNO3. The number of halogens is 1. The molecule has 0 bridgehead atoms. The molecule has 0 unspecified atom stereocenters.